The molecule has 1 N–H and O–H groups in total. The van der Waals surface area contributed by atoms with E-state index in [0.29, 0.717) is 29.2 Å². The molecule has 208 valence electrons. The highest BCUT2D eigenvalue weighted by Crippen LogP contribution is 2.27. The van der Waals surface area contributed by atoms with E-state index in [-0.39, 0.29) is 17.3 Å². The van der Waals surface area contributed by atoms with Crippen LogP contribution in [0.4, 0.5) is 5.69 Å². The molecule has 0 aromatic heterocycles. The average Bonchev–Trinajstić information content (AvgIpc) is 2.90. The molecule has 0 unspecified atom stereocenters. The first-order valence-electron chi connectivity index (χ1n) is 13.0. The number of hydrogen-bond donors (Lipinski definition) is 1. The van der Waals surface area contributed by atoms with Gasteiger partial charge < -0.3 is 10.2 Å². The molecule has 3 rings (SSSR count). The van der Waals surface area contributed by atoms with E-state index in [4.69, 9.17) is 11.6 Å². The Hall–Kier alpha value is -3.36. The first-order valence-corrected chi connectivity index (χ1v) is 14.8. The molecule has 0 heterocycles. The van der Waals surface area contributed by atoms with Gasteiger partial charge in [0.1, 0.15) is 12.6 Å². The minimum atomic E-state index is -4.11. The van der Waals surface area contributed by atoms with Gasteiger partial charge >= 0.3 is 0 Å². The van der Waals surface area contributed by atoms with Crippen molar-refractivity contribution in [2.45, 2.75) is 58.5 Å². The Morgan fingerprint density at radius 3 is 2.18 bits per heavy atom. The molecule has 1 atom stereocenters. The Bertz CT molecular complexity index is 1420. The van der Waals surface area contributed by atoms with Crippen LogP contribution in [-0.4, -0.2) is 44.3 Å². The van der Waals surface area contributed by atoms with Crippen molar-refractivity contribution < 1.29 is 18.0 Å². The fraction of sp³-hybridized carbons (Fsp3) is 0.333. The van der Waals surface area contributed by atoms with Crippen LogP contribution >= 0.6 is 11.6 Å². The summed E-state index contributed by atoms with van der Waals surface area (Å²) in [6.45, 7) is 9.30. The second-order valence-electron chi connectivity index (χ2n) is 9.52. The highest BCUT2D eigenvalue weighted by Gasteiger charge is 2.33. The average molecular weight is 570 g/mol. The van der Waals surface area contributed by atoms with E-state index in [0.717, 1.165) is 21.0 Å². The number of amides is 2. The van der Waals surface area contributed by atoms with Crippen LogP contribution in [0.1, 0.15) is 42.5 Å². The molecule has 39 heavy (non-hydrogen) atoms. The van der Waals surface area contributed by atoms with Crippen molar-refractivity contribution in [1.82, 2.24) is 10.2 Å². The van der Waals surface area contributed by atoms with Crippen LogP contribution in [0.5, 0.6) is 0 Å². The Kier molecular flexibility index (Phi) is 10.2. The molecule has 0 fully saturated rings. The minimum absolute atomic E-state index is 0.0551. The van der Waals surface area contributed by atoms with Crippen LogP contribution in [0.3, 0.4) is 0 Å². The SMILES string of the molecule is CCNC(=O)[C@H](CC)N(Cc1ccccc1Cl)C(=O)CN(c1ccc(C)c(C)c1)S(=O)(=O)c1ccc(C)cc1. The van der Waals surface area contributed by atoms with Gasteiger partial charge in [0.2, 0.25) is 11.8 Å². The number of carbonyl (C=O) groups excluding carboxylic acids is 2. The van der Waals surface area contributed by atoms with E-state index in [9.17, 15) is 18.0 Å². The normalized spacial score (nSPS) is 12.1. The molecule has 3 aromatic carbocycles. The van der Waals surface area contributed by atoms with Crippen molar-refractivity contribution in [2.24, 2.45) is 0 Å². The number of halogens is 1. The quantitative estimate of drug-likeness (QED) is 0.335. The van der Waals surface area contributed by atoms with Gasteiger partial charge in [0.05, 0.1) is 10.6 Å². The lowest BCUT2D eigenvalue weighted by Gasteiger charge is -2.33. The number of rotatable bonds is 11. The van der Waals surface area contributed by atoms with Gasteiger partial charge in [-0.05, 0) is 81.1 Å². The summed E-state index contributed by atoms with van der Waals surface area (Å²) in [5.74, 6) is -0.818. The van der Waals surface area contributed by atoms with Crippen molar-refractivity contribution in [3.8, 4) is 0 Å². The number of benzene rings is 3. The second-order valence-corrected chi connectivity index (χ2v) is 11.8. The first kappa shape index (κ1) is 30.2. The van der Waals surface area contributed by atoms with Gasteiger partial charge in [0.15, 0.2) is 0 Å². The summed E-state index contributed by atoms with van der Waals surface area (Å²) in [6.07, 6.45) is 0.344. The fourth-order valence-corrected chi connectivity index (χ4v) is 5.87. The summed E-state index contributed by atoms with van der Waals surface area (Å²) in [5.41, 5.74) is 3.85. The lowest BCUT2D eigenvalue weighted by Crippen LogP contribution is -2.52. The van der Waals surface area contributed by atoms with Crippen molar-refractivity contribution >= 4 is 39.1 Å². The van der Waals surface area contributed by atoms with Crippen LogP contribution in [0, 0.1) is 20.8 Å². The summed E-state index contributed by atoms with van der Waals surface area (Å²) in [5, 5.41) is 3.25. The zero-order chi connectivity index (χ0) is 28.7. The summed E-state index contributed by atoms with van der Waals surface area (Å²) in [4.78, 5) is 28.5. The van der Waals surface area contributed by atoms with Crippen LogP contribution in [-0.2, 0) is 26.2 Å². The fourth-order valence-electron chi connectivity index (χ4n) is 4.27. The molecule has 0 spiro atoms. The number of carbonyl (C=O) groups is 2. The van der Waals surface area contributed by atoms with E-state index >= 15 is 0 Å². The topological polar surface area (TPSA) is 86.8 Å². The molecule has 0 aliphatic rings. The van der Waals surface area contributed by atoms with Crippen molar-refractivity contribution in [3.63, 3.8) is 0 Å². The minimum Gasteiger partial charge on any atom is -0.355 e. The maximum Gasteiger partial charge on any atom is 0.264 e. The molecule has 0 saturated heterocycles. The van der Waals surface area contributed by atoms with Crippen LogP contribution in [0.15, 0.2) is 71.6 Å². The predicted octanol–water partition coefficient (Wildman–Crippen LogP) is 5.40. The van der Waals surface area contributed by atoms with E-state index in [1.165, 1.54) is 17.0 Å². The van der Waals surface area contributed by atoms with Gasteiger partial charge in [-0.3, -0.25) is 13.9 Å². The number of sulfonamides is 1. The van der Waals surface area contributed by atoms with Gasteiger partial charge in [0, 0.05) is 18.1 Å². The van der Waals surface area contributed by atoms with Crippen molar-refractivity contribution in [3.05, 3.63) is 94.0 Å². The van der Waals surface area contributed by atoms with Gasteiger partial charge in [-0.15, -0.1) is 0 Å². The Balaban J connectivity index is 2.10. The lowest BCUT2D eigenvalue weighted by atomic mass is 10.1. The van der Waals surface area contributed by atoms with Gasteiger partial charge in [-0.25, -0.2) is 8.42 Å². The molecule has 0 aliphatic heterocycles. The molecular weight excluding hydrogens is 534 g/mol. The highest BCUT2D eigenvalue weighted by atomic mass is 35.5. The number of anilines is 1. The smallest absolute Gasteiger partial charge is 0.264 e. The van der Waals surface area contributed by atoms with Gasteiger partial charge in [-0.2, -0.15) is 0 Å². The summed E-state index contributed by atoms with van der Waals surface area (Å²) >= 11 is 6.42. The molecule has 9 heteroatoms. The number of nitrogens with zero attached hydrogens (tertiary/aromatic N) is 2. The monoisotopic (exact) mass is 569 g/mol. The molecule has 7 nitrogen and oxygen atoms in total. The van der Waals surface area contributed by atoms with Gasteiger partial charge in [-0.1, -0.05) is 60.5 Å². The number of aryl methyl sites for hydroxylation is 3. The number of hydrogen-bond acceptors (Lipinski definition) is 4. The van der Waals surface area contributed by atoms with Crippen LogP contribution in [0.2, 0.25) is 5.02 Å². The van der Waals surface area contributed by atoms with Crippen molar-refractivity contribution in [2.75, 3.05) is 17.4 Å². The van der Waals surface area contributed by atoms with E-state index < -0.39 is 28.5 Å². The maximum absolute atomic E-state index is 14.0. The van der Waals surface area contributed by atoms with E-state index in [2.05, 4.69) is 5.32 Å². The van der Waals surface area contributed by atoms with Crippen LogP contribution in [0.25, 0.3) is 0 Å². The first-order chi connectivity index (χ1) is 18.5. The van der Waals surface area contributed by atoms with Crippen molar-refractivity contribution in [1.29, 1.82) is 0 Å². The lowest BCUT2D eigenvalue weighted by molar-refractivity contribution is -0.140. The zero-order valence-electron chi connectivity index (χ0n) is 23.1. The standard InChI is InChI=1S/C30H36ClN3O4S/c1-6-28(30(36)32-7-2)33(19-24-10-8-9-11-27(24)31)29(35)20-34(25-15-14-22(4)23(5)18-25)39(37,38)26-16-12-21(3)13-17-26/h8-18,28H,6-7,19-20H2,1-5H3,(H,32,36)/t28-/m0/s1. The predicted molar refractivity (Wildman–Crippen MR) is 156 cm³/mol. The third-order valence-electron chi connectivity index (χ3n) is 6.70. The van der Waals surface area contributed by atoms with E-state index in [1.54, 1.807) is 55.5 Å². The second kappa shape index (κ2) is 13.1. The Morgan fingerprint density at radius 1 is 0.923 bits per heavy atom. The Morgan fingerprint density at radius 2 is 1.59 bits per heavy atom. The van der Waals surface area contributed by atoms with Gasteiger partial charge in [0.25, 0.3) is 10.0 Å². The largest absolute Gasteiger partial charge is 0.355 e. The maximum atomic E-state index is 14.0. The molecule has 0 bridgehead atoms. The van der Waals surface area contributed by atoms with E-state index in [1.807, 2.05) is 33.8 Å². The Labute approximate surface area is 236 Å². The summed E-state index contributed by atoms with van der Waals surface area (Å²) < 4.78 is 29.0. The number of likely N-dealkylation sites (N-methyl/N-ethyl adjacent to an activating group) is 1. The highest BCUT2D eigenvalue weighted by molar-refractivity contribution is 7.92. The zero-order valence-corrected chi connectivity index (χ0v) is 24.6. The summed E-state index contributed by atoms with van der Waals surface area (Å²) in [7, 11) is -4.11. The third kappa shape index (κ3) is 7.19. The molecule has 0 radical (unpaired) electrons. The summed E-state index contributed by atoms with van der Waals surface area (Å²) in [6, 6.07) is 18.1. The molecule has 2 amide bonds. The number of nitrogens with one attached hydrogen (secondary N) is 1. The molecule has 0 saturated carbocycles. The molecular formula is C30H36ClN3O4S. The molecule has 0 aliphatic carbocycles. The van der Waals surface area contributed by atoms with Crippen LogP contribution < -0.4 is 9.62 Å². The molecule has 3 aromatic rings. The third-order valence-corrected chi connectivity index (χ3v) is 8.86.